The summed E-state index contributed by atoms with van der Waals surface area (Å²) in [6.45, 7) is 2.82. The van der Waals surface area contributed by atoms with Crippen LogP contribution in [0, 0.1) is 5.82 Å². The molecule has 0 atom stereocenters. The largest absolute Gasteiger partial charge is 0.488 e. The van der Waals surface area contributed by atoms with E-state index < -0.39 is 0 Å². The number of carbonyl (C=O) groups is 2. The number of unbranched alkanes of at least 4 members (excludes halogenated alkanes) is 2. The van der Waals surface area contributed by atoms with Gasteiger partial charge in [0.15, 0.2) is 0 Å². The molecule has 1 aliphatic heterocycles. The lowest BCUT2D eigenvalue weighted by Crippen LogP contribution is -2.29. The molecule has 2 amide bonds. The lowest BCUT2D eigenvalue weighted by atomic mass is 10.1. The molecule has 1 aliphatic rings. The maximum atomic E-state index is 13.0. The molecule has 0 aliphatic carbocycles. The fourth-order valence-electron chi connectivity index (χ4n) is 2.83. The predicted molar refractivity (Wildman–Crippen MR) is 109 cm³/mol. The number of hydrogen-bond donors (Lipinski definition) is 0. The first kappa shape index (κ1) is 20.1. The van der Waals surface area contributed by atoms with Crippen LogP contribution < -0.4 is 4.74 Å². The van der Waals surface area contributed by atoms with Crippen LogP contribution in [0.25, 0.3) is 6.08 Å². The molecule has 0 spiro atoms. The number of rotatable bonds is 8. The van der Waals surface area contributed by atoms with Crippen molar-refractivity contribution in [3.8, 4) is 5.75 Å². The second-order valence-corrected chi connectivity index (χ2v) is 7.49. The van der Waals surface area contributed by atoms with E-state index in [4.69, 9.17) is 4.74 Å². The Hall–Kier alpha value is -2.60. The van der Waals surface area contributed by atoms with E-state index in [0.717, 1.165) is 42.2 Å². The van der Waals surface area contributed by atoms with Gasteiger partial charge >= 0.3 is 0 Å². The minimum absolute atomic E-state index is 0.225. The first-order valence-corrected chi connectivity index (χ1v) is 10.1. The zero-order chi connectivity index (χ0) is 19.9. The van der Waals surface area contributed by atoms with Gasteiger partial charge in [-0.05, 0) is 48.0 Å². The lowest BCUT2D eigenvalue weighted by molar-refractivity contribution is -0.122. The van der Waals surface area contributed by atoms with Gasteiger partial charge in [0, 0.05) is 12.1 Å². The van der Waals surface area contributed by atoms with Crippen molar-refractivity contribution in [3.63, 3.8) is 0 Å². The quantitative estimate of drug-likeness (QED) is 0.426. The van der Waals surface area contributed by atoms with Crippen LogP contribution >= 0.6 is 11.8 Å². The average Bonchev–Trinajstić information content (AvgIpc) is 2.96. The highest BCUT2D eigenvalue weighted by atomic mass is 32.2. The maximum Gasteiger partial charge on any atom is 0.293 e. The van der Waals surface area contributed by atoms with E-state index in [1.165, 1.54) is 17.0 Å². The molecule has 3 rings (SSSR count). The van der Waals surface area contributed by atoms with Crippen LogP contribution in [0.1, 0.15) is 37.3 Å². The highest BCUT2D eigenvalue weighted by molar-refractivity contribution is 8.18. The average molecular weight is 399 g/mol. The van der Waals surface area contributed by atoms with Crippen LogP contribution in [0.5, 0.6) is 5.75 Å². The van der Waals surface area contributed by atoms with Gasteiger partial charge in [-0.3, -0.25) is 14.5 Å². The summed E-state index contributed by atoms with van der Waals surface area (Å²) in [5, 5.41) is -0.225. The standard InChI is InChI=1S/C22H22FNO3S/c1-2-3-6-13-24-21(25)20(28-22(24)26)14-17-7-4-5-8-19(17)27-15-16-9-11-18(23)12-10-16/h4-5,7-12,14H,2-3,6,13,15H2,1H3/b20-14-. The topological polar surface area (TPSA) is 46.6 Å². The molecule has 6 heteroatoms. The molecule has 1 saturated heterocycles. The van der Waals surface area contributed by atoms with Gasteiger partial charge < -0.3 is 4.74 Å². The molecule has 0 unspecified atom stereocenters. The number of nitrogens with zero attached hydrogens (tertiary/aromatic N) is 1. The minimum atomic E-state index is -0.293. The molecule has 4 nitrogen and oxygen atoms in total. The molecule has 2 aromatic carbocycles. The summed E-state index contributed by atoms with van der Waals surface area (Å²) in [7, 11) is 0. The number of hydrogen-bond acceptors (Lipinski definition) is 4. The van der Waals surface area contributed by atoms with Crippen molar-refractivity contribution in [1.29, 1.82) is 0 Å². The van der Waals surface area contributed by atoms with Crippen molar-refractivity contribution in [2.75, 3.05) is 6.54 Å². The third kappa shape index (κ3) is 5.01. The number of imide groups is 1. The van der Waals surface area contributed by atoms with E-state index in [2.05, 4.69) is 6.92 Å². The van der Waals surface area contributed by atoms with Crippen LogP contribution in [0.15, 0.2) is 53.4 Å². The number of para-hydroxylation sites is 1. The summed E-state index contributed by atoms with van der Waals surface area (Å²) >= 11 is 0.961. The van der Waals surface area contributed by atoms with Crippen molar-refractivity contribution in [2.24, 2.45) is 0 Å². The first-order valence-electron chi connectivity index (χ1n) is 9.30. The molecular weight excluding hydrogens is 377 g/mol. The van der Waals surface area contributed by atoms with E-state index in [1.807, 2.05) is 18.2 Å². The Bertz CT molecular complexity index is 880. The lowest BCUT2D eigenvalue weighted by Gasteiger charge is -2.11. The molecule has 0 aromatic heterocycles. The van der Waals surface area contributed by atoms with Crippen LogP contribution in [0.2, 0.25) is 0 Å². The summed E-state index contributed by atoms with van der Waals surface area (Å²) in [6, 6.07) is 13.4. The summed E-state index contributed by atoms with van der Waals surface area (Å²) < 4.78 is 18.9. The SMILES string of the molecule is CCCCCN1C(=O)S/C(=C\c2ccccc2OCc2ccc(F)cc2)C1=O. The number of thioether (sulfide) groups is 1. The van der Waals surface area contributed by atoms with Gasteiger partial charge in [-0.2, -0.15) is 0 Å². The Morgan fingerprint density at radius 3 is 2.57 bits per heavy atom. The summed E-state index contributed by atoms with van der Waals surface area (Å²) in [5.74, 6) is 0.0582. The number of carbonyl (C=O) groups excluding carboxylic acids is 2. The molecular formula is C22H22FNO3S. The van der Waals surface area contributed by atoms with E-state index in [1.54, 1.807) is 24.3 Å². The van der Waals surface area contributed by atoms with Gasteiger partial charge in [-0.15, -0.1) is 0 Å². The molecule has 1 heterocycles. The van der Waals surface area contributed by atoms with Gasteiger partial charge in [0.25, 0.3) is 11.1 Å². The molecule has 0 N–H and O–H groups in total. The van der Waals surface area contributed by atoms with Crippen molar-refractivity contribution in [1.82, 2.24) is 4.90 Å². The van der Waals surface area contributed by atoms with Crippen molar-refractivity contribution in [3.05, 3.63) is 70.4 Å². The van der Waals surface area contributed by atoms with Gasteiger partial charge in [0.05, 0.1) is 4.91 Å². The molecule has 0 saturated carbocycles. The van der Waals surface area contributed by atoms with Crippen LogP contribution in [0.4, 0.5) is 9.18 Å². The number of halogens is 1. The fraction of sp³-hybridized carbons (Fsp3) is 0.273. The van der Waals surface area contributed by atoms with Gasteiger partial charge in [-0.1, -0.05) is 50.1 Å². The second-order valence-electron chi connectivity index (χ2n) is 6.49. The van der Waals surface area contributed by atoms with E-state index in [-0.39, 0.29) is 23.6 Å². The third-order valence-corrected chi connectivity index (χ3v) is 5.28. The van der Waals surface area contributed by atoms with Crippen molar-refractivity contribution in [2.45, 2.75) is 32.8 Å². The number of ether oxygens (including phenoxy) is 1. The van der Waals surface area contributed by atoms with E-state index in [9.17, 15) is 14.0 Å². The number of amides is 2. The molecule has 146 valence electrons. The summed E-state index contributed by atoms with van der Waals surface area (Å²) in [6.07, 6.45) is 4.54. The van der Waals surface area contributed by atoms with E-state index >= 15 is 0 Å². The predicted octanol–water partition coefficient (Wildman–Crippen LogP) is 5.63. The third-order valence-electron chi connectivity index (χ3n) is 4.37. The summed E-state index contributed by atoms with van der Waals surface area (Å²) in [5.41, 5.74) is 1.57. The smallest absolute Gasteiger partial charge is 0.293 e. The maximum absolute atomic E-state index is 13.0. The summed E-state index contributed by atoms with van der Waals surface area (Å²) in [4.78, 5) is 26.5. The highest BCUT2D eigenvalue weighted by Gasteiger charge is 2.34. The van der Waals surface area contributed by atoms with Crippen LogP contribution in [0.3, 0.4) is 0 Å². The Morgan fingerprint density at radius 2 is 1.82 bits per heavy atom. The van der Waals surface area contributed by atoms with Crippen molar-refractivity contribution >= 4 is 29.0 Å². The minimum Gasteiger partial charge on any atom is -0.488 e. The molecule has 2 aromatic rings. The zero-order valence-electron chi connectivity index (χ0n) is 15.7. The molecule has 28 heavy (non-hydrogen) atoms. The Labute approximate surface area is 168 Å². The van der Waals surface area contributed by atoms with Gasteiger partial charge in [0.2, 0.25) is 0 Å². The van der Waals surface area contributed by atoms with E-state index in [0.29, 0.717) is 17.2 Å². The molecule has 0 bridgehead atoms. The van der Waals surface area contributed by atoms with Crippen molar-refractivity contribution < 1.29 is 18.7 Å². The first-order chi connectivity index (χ1) is 13.6. The fourth-order valence-corrected chi connectivity index (χ4v) is 3.68. The molecule has 1 fully saturated rings. The van der Waals surface area contributed by atoms with Crippen LogP contribution in [-0.2, 0) is 11.4 Å². The molecule has 0 radical (unpaired) electrons. The monoisotopic (exact) mass is 399 g/mol. The van der Waals surface area contributed by atoms with Gasteiger partial charge in [-0.25, -0.2) is 4.39 Å². The zero-order valence-corrected chi connectivity index (χ0v) is 16.5. The number of benzene rings is 2. The normalized spacial score (nSPS) is 15.5. The van der Waals surface area contributed by atoms with Gasteiger partial charge in [0.1, 0.15) is 18.2 Å². The highest BCUT2D eigenvalue weighted by Crippen LogP contribution is 2.34. The Kier molecular flexibility index (Phi) is 6.87. The second kappa shape index (κ2) is 9.55. The van der Waals surface area contributed by atoms with Crippen LogP contribution in [-0.4, -0.2) is 22.6 Å². The Morgan fingerprint density at radius 1 is 1.07 bits per heavy atom. The Balaban J connectivity index is 1.72.